The Hall–Kier alpha value is -1.16. The third-order valence-electron chi connectivity index (χ3n) is 2.46. The molecule has 0 saturated carbocycles. The molecule has 1 aliphatic rings. The summed E-state index contributed by atoms with van der Waals surface area (Å²) < 4.78 is 0. The summed E-state index contributed by atoms with van der Waals surface area (Å²) in [6.07, 6.45) is 4.06. The molecule has 4 heteroatoms. The van der Waals surface area contributed by atoms with Crippen LogP contribution < -0.4 is 5.32 Å². The van der Waals surface area contributed by atoms with Gasteiger partial charge in [0.05, 0.1) is 6.20 Å². The van der Waals surface area contributed by atoms with Crippen LogP contribution in [0.5, 0.6) is 0 Å². The average molecular weight is 165 g/mol. The van der Waals surface area contributed by atoms with Crippen molar-refractivity contribution < 1.29 is 4.79 Å². The van der Waals surface area contributed by atoms with E-state index >= 15 is 0 Å². The molecular formula is C8H11N3O. The Morgan fingerprint density at radius 3 is 3.00 bits per heavy atom. The Morgan fingerprint density at radius 1 is 1.67 bits per heavy atom. The van der Waals surface area contributed by atoms with Crippen molar-refractivity contribution in [2.24, 2.45) is 0 Å². The lowest BCUT2D eigenvalue weighted by atomic mass is 9.92. The molecule has 1 unspecified atom stereocenters. The van der Waals surface area contributed by atoms with Gasteiger partial charge in [-0.15, -0.1) is 0 Å². The standard InChI is InChI=1S/C8H11N3O/c1-8(6-4-10-11-5-6)7(12)2-3-9-8/h4-5,9H,2-3H2,1H3,(H,10,11). The maximum Gasteiger partial charge on any atom is 0.158 e. The van der Waals surface area contributed by atoms with E-state index in [0.717, 1.165) is 12.1 Å². The smallest absolute Gasteiger partial charge is 0.158 e. The van der Waals surface area contributed by atoms with Crippen LogP contribution in [0.3, 0.4) is 0 Å². The van der Waals surface area contributed by atoms with E-state index in [-0.39, 0.29) is 5.78 Å². The van der Waals surface area contributed by atoms with E-state index in [9.17, 15) is 4.79 Å². The normalized spacial score (nSPS) is 29.6. The molecule has 0 aliphatic carbocycles. The monoisotopic (exact) mass is 165 g/mol. The molecular weight excluding hydrogens is 154 g/mol. The number of carbonyl (C=O) groups excluding carboxylic acids is 1. The highest BCUT2D eigenvalue weighted by atomic mass is 16.1. The van der Waals surface area contributed by atoms with Gasteiger partial charge in [0.2, 0.25) is 0 Å². The number of aromatic amines is 1. The first kappa shape index (κ1) is 7.49. The molecule has 1 aromatic heterocycles. The number of aromatic nitrogens is 2. The molecule has 1 aliphatic heterocycles. The van der Waals surface area contributed by atoms with Gasteiger partial charge >= 0.3 is 0 Å². The first-order valence-corrected chi connectivity index (χ1v) is 4.01. The number of rotatable bonds is 1. The van der Waals surface area contributed by atoms with Crippen LogP contribution in [0.4, 0.5) is 0 Å². The second kappa shape index (κ2) is 2.42. The molecule has 0 spiro atoms. The van der Waals surface area contributed by atoms with Gasteiger partial charge in [0.25, 0.3) is 0 Å². The number of hydrogen-bond acceptors (Lipinski definition) is 3. The highest BCUT2D eigenvalue weighted by Gasteiger charge is 2.39. The van der Waals surface area contributed by atoms with E-state index in [1.54, 1.807) is 12.4 Å². The van der Waals surface area contributed by atoms with E-state index in [2.05, 4.69) is 15.5 Å². The van der Waals surface area contributed by atoms with Crippen LogP contribution in [0.15, 0.2) is 12.4 Å². The maximum atomic E-state index is 11.5. The van der Waals surface area contributed by atoms with Gasteiger partial charge in [-0.25, -0.2) is 0 Å². The fraction of sp³-hybridized carbons (Fsp3) is 0.500. The molecule has 1 atom stereocenters. The van der Waals surface area contributed by atoms with E-state index in [1.807, 2.05) is 6.92 Å². The lowest BCUT2D eigenvalue weighted by molar-refractivity contribution is -0.122. The van der Waals surface area contributed by atoms with Crippen molar-refractivity contribution in [2.45, 2.75) is 18.9 Å². The minimum atomic E-state index is -0.507. The fourth-order valence-corrected chi connectivity index (χ4v) is 1.56. The molecule has 0 bridgehead atoms. The van der Waals surface area contributed by atoms with Crippen LogP contribution in [0, 0.1) is 0 Å². The number of nitrogens with one attached hydrogen (secondary N) is 2. The Kier molecular flexibility index (Phi) is 1.51. The van der Waals surface area contributed by atoms with E-state index in [4.69, 9.17) is 0 Å². The third kappa shape index (κ3) is 0.881. The molecule has 0 radical (unpaired) electrons. The number of carbonyl (C=O) groups is 1. The van der Waals surface area contributed by atoms with Gasteiger partial charge < -0.3 is 5.32 Å². The van der Waals surface area contributed by atoms with E-state index < -0.39 is 5.54 Å². The van der Waals surface area contributed by atoms with Crippen LogP contribution in [0.2, 0.25) is 0 Å². The summed E-state index contributed by atoms with van der Waals surface area (Å²) in [5.41, 5.74) is 0.414. The molecule has 1 fully saturated rings. The van der Waals surface area contributed by atoms with Gasteiger partial charge in [0, 0.05) is 24.7 Å². The molecule has 1 saturated heterocycles. The van der Waals surface area contributed by atoms with Gasteiger partial charge in [-0.05, 0) is 6.92 Å². The van der Waals surface area contributed by atoms with Crippen LogP contribution in [0.1, 0.15) is 18.9 Å². The van der Waals surface area contributed by atoms with Gasteiger partial charge in [-0.3, -0.25) is 9.89 Å². The van der Waals surface area contributed by atoms with Crippen LogP contribution in [-0.4, -0.2) is 22.5 Å². The predicted octanol–water partition coefficient (Wildman–Crippen LogP) is 0.187. The third-order valence-corrected chi connectivity index (χ3v) is 2.46. The second-order valence-corrected chi connectivity index (χ2v) is 3.21. The average Bonchev–Trinajstić information content (AvgIpc) is 2.62. The highest BCUT2D eigenvalue weighted by molar-refractivity contribution is 5.91. The van der Waals surface area contributed by atoms with E-state index in [0.29, 0.717) is 6.42 Å². The molecule has 12 heavy (non-hydrogen) atoms. The zero-order valence-corrected chi connectivity index (χ0v) is 6.92. The minimum absolute atomic E-state index is 0.240. The zero-order chi connectivity index (χ0) is 8.60. The fourth-order valence-electron chi connectivity index (χ4n) is 1.56. The van der Waals surface area contributed by atoms with Gasteiger partial charge in [0.1, 0.15) is 5.54 Å². The van der Waals surface area contributed by atoms with E-state index in [1.165, 1.54) is 0 Å². The van der Waals surface area contributed by atoms with Crippen LogP contribution in [-0.2, 0) is 10.3 Å². The molecule has 2 N–H and O–H groups in total. The second-order valence-electron chi connectivity index (χ2n) is 3.21. The summed E-state index contributed by atoms with van der Waals surface area (Å²) >= 11 is 0. The van der Waals surface area contributed by atoms with Crippen molar-refractivity contribution in [1.82, 2.24) is 15.5 Å². The Labute approximate surface area is 70.4 Å². The van der Waals surface area contributed by atoms with Crippen molar-refractivity contribution in [3.63, 3.8) is 0 Å². The number of nitrogens with zero attached hydrogens (tertiary/aromatic N) is 1. The number of hydrogen-bond donors (Lipinski definition) is 2. The predicted molar refractivity (Wildman–Crippen MR) is 43.6 cm³/mol. The summed E-state index contributed by atoms with van der Waals surface area (Å²) in [6, 6.07) is 0. The van der Waals surface area contributed by atoms with Gasteiger partial charge in [0.15, 0.2) is 5.78 Å². The minimum Gasteiger partial charge on any atom is -0.301 e. The SMILES string of the molecule is CC1(c2cn[nH]c2)NCCC1=O. The molecule has 1 aromatic rings. The molecule has 4 nitrogen and oxygen atoms in total. The number of ketones is 1. The molecule has 64 valence electrons. The lowest BCUT2D eigenvalue weighted by Crippen LogP contribution is -2.38. The van der Waals surface area contributed by atoms with Crippen LogP contribution in [0.25, 0.3) is 0 Å². The maximum absolute atomic E-state index is 11.5. The largest absolute Gasteiger partial charge is 0.301 e. The Morgan fingerprint density at radius 2 is 2.50 bits per heavy atom. The van der Waals surface area contributed by atoms with Gasteiger partial charge in [-0.1, -0.05) is 0 Å². The zero-order valence-electron chi connectivity index (χ0n) is 6.92. The van der Waals surface area contributed by atoms with Gasteiger partial charge in [-0.2, -0.15) is 5.10 Å². The Bertz CT molecular complexity index is 293. The first-order chi connectivity index (χ1) is 5.73. The molecule has 0 aromatic carbocycles. The van der Waals surface area contributed by atoms with Crippen LogP contribution >= 0.6 is 0 Å². The van der Waals surface area contributed by atoms with Crippen molar-refractivity contribution >= 4 is 5.78 Å². The quantitative estimate of drug-likeness (QED) is 0.624. The van der Waals surface area contributed by atoms with Crippen molar-refractivity contribution in [1.29, 1.82) is 0 Å². The molecule has 2 heterocycles. The van der Waals surface area contributed by atoms with Crippen molar-refractivity contribution in [2.75, 3.05) is 6.54 Å². The summed E-state index contributed by atoms with van der Waals surface area (Å²) in [6.45, 7) is 2.66. The summed E-state index contributed by atoms with van der Waals surface area (Å²) in [4.78, 5) is 11.5. The lowest BCUT2D eigenvalue weighted by Gasteiger charge is -2.20. The topological polar surface area (TPSA) is 57.8 Å². The number of Topliss-reactive ketones (excluding diaryl/α,β-unsaturated/α-hetero) is 1. The summed E-state index contributed by atoms with van der Waals surface area (Å²) in [5.74, 6) is 0.240. The molecule has 0 amide bonds. The first-order valence-electron chi connectivity index (χ1n) is 4.01. The highest BCUT2D eigenvalue weighted by Crippen LogP contribution is 2.25. The van der Waals surface area contributed by atoms with Crippen molar-refractivity contribution in [3.05, 3.63) is 18.0 Å². The number of H-pyrrole nitrogens is 1. The molecule has 2 rings (SSSR count). The Balaban J connectivity index is 2.38. The summed E-state index contributed by atoms with van der Waals surface area (Å²) in [5, 5.41) is 9.71. The van der Waals surface area contributed by atoms with Crippen molar-refractivity contribution in [3.8, 4) is 0 Å². The summed E-state index contributed by atoms with van der Waals surface area (Å²) in [7, 11) is 0.